The topological polar surface area (TPSA) is 68.8 Å². The Morgan fingerprint density at radius 2 is 1.65 bits per heavy atom. The van der Waals surface area contributed by atoms with Gasteiger partial charge in [-0.3, -0.25) is 0 Å². The van der Waals surface area contributed by atoms with Crippen LogP contribution in [0.5, 0.6) is 17.2 Å². The number of aryl methyl sites for hydroxylation is 1. The highest BCUT2D eigenvalue weighted by Crippen LogP contribution is 2.34. The summed E-state index contributed by atoms with van der Waals surface area (Å²) in [6.45, 7) is 2.33. The van der Waals surface area contributed by atoms with Crippen LogP contribution in [0.25, 0.3) is 0 Å². The molecule has 6 nitrogen and oxygen atoms in total. The molecule has 2 N–H and O–H groups in total. The number of methoxy groups -OCH3 is 3. The normalized spacial score (nSPS) is 10.2. The number of anilines is 1. The second-order valence-electron chi connectivity index (χ2n) is 5.61. The molecule has 26 heavy (non-hydrogen) atoms. The van der Waals surface area contributed by atoms with Crippen molar-refractivity contribution in [3.8, 4) is 17.2 Å². The van der Waals surface area contributed by atoms with Crippen molar-refractivity contribution in [2.75, 3.05) is 33.2 Å². The van der Waals surface area contributed by atoms with E-state index >= 15 is 0 Å². The van der Waals surface area contributed by atoms with E-state index < -0.39 is 0 Å². The van der Waals surface area contributed by atoms with E-state index in [4.69, 9.17) is 25.8 Å². The molecule has 2 aromatic rings. The SMILES string of the molecule is COc1cc(OC)c(OC)cc1CCNC(=O)Nc1ccc(C)c(Cl)c1. The van der Waals surface area contributed by atoms with Crippen molar-refractivity contribution in [2.24, 2.45) is 0 Å². The molecule has 0 saturated carbocycles. The molecule has 0 aliphatic carbocycles. The quantitative estimate of drug-likeness (QED) is 0.763. The zero-order valence-electron chi connectivity index (χ0n) is 15.3. The second kappa shape index (κ2) is 9.20. The van der Waals surface area contributed by atoms with E-state index in [1.807, 2.05) is 19.1 Å². The van der Waals surface area contributed by atoms with Gasteiger partial charge in [0.05, 0.1) is 21.3 Å². The zero-order valence-corrected chi connectivity index (χ0v) is 16.1. The summed E-state index contributed by atoms with van der Waals surface area (Å²) in [5, 5.41) is 6.17. The molecule has 7 heteroatoms. The first-order chi connectivity index (χ1) is 12.5. The van der Waals surface area contributed by atoms with Crippen molar-refractivity contribution in [3.05, 3.63) is 46.5 Å². The van der Waals surface area contributed by atoms with E-state index in [0.29, 0.717) is 40.9 Å². The number of hydrogen-bond acceptors (Lipinski definition) is 4. The third-order valence-electron chi connectivity index (χ3n) is 3.90. The first-order valence-electron chi connectivity index (χ1n) is 8.08. The largest absolute Gasteiger partial charge is 0.496 e. The summed E-state index contributed by atoms with van der Waals surface area (Å²) < 4.78 is 16.0. The lowest BCUT2D eigenvalue weighted by Crippen LogP contribution is -2.30. The van der Waals surface area contributed by atoms with Crippen molar-refractivity contribution >= 4 is 23.3 Å². The highest BCUT2D eigenvalue weighted by molar-refractivity contribution is 6.31. The van der Waals surface area contributed by atoms with E-state index in [1.54, 1.807) is 39.5 Å². The first-order valence-corrected chi connectivity index (χ1v) is 8.46. The highest BCUT2D eigenvalue weighted by atomic mass is 35.5. The molecule has 0 unspecified atom stereocenters. The average molecular weight is 379 g/mol. The molecule has 2 aromatic carbocycles. The van der Waals surface area contributed by atoms with Crippen molar-refractivity contribution in [1.82, 2.24) is 5.32 Å². The minimum Gasteiger partial charge on any atom is -0.496 e. The molecule has 0 fully saturated rings. The van der Waals surface area contributed by atoms with Gasteiger partial charge in [-0.1, -0.05) is 17.7 Å². The van der Waals surface area contributed by atoms with Crippen LogP contribution in [0, 0.1) is 6.92 Å². The summed E-state index contributed by atoms with van der Waals surface area (Å²) >= 11 is 6.06. The van der Waals surface area contributed by atoms with Gasteiger partial charge < -0.3 is 24.8 Å². The number of halogens is 1. The molecule has 2 rings (SSSR count). The van der Waals surface area contributed by atoms with E-state index in [9.17, 15) is 4.79 Å². The lowest BCUT2D eigenvalue weighted by molar-refractivity contribution is 0.252. The van der Waals surface area contributed by atoms with Crippen LogP contribution in [-0.4, -0.2) is 33.9 Å². The van der Waals surface area contributed by atoms with E-state index in [2.05, 4.69) is 10.6 Å². The molecule has 140 valence electrons. The van der Waals surface area contributed by atoms with Gasteiger partial charge >= 0.3 is 6.03 Å². The maximum atomic E-state index is 12.0. The molecule has 0 aliphatic rings. The summed E-state index contributed by atoms with van der Waals surface area (Å²) in [7, 11) is 4.73. The average Bonchev–Trinajstić information content (AvgIpc) is 2.64. The number of urea groups is 1. The van der Waals surface area contributed by atoms with Crippen molar-refractivity contribution < 1.29 is 19.0 Å². The number of carbonyl (C=O) groups excluding carboxylic acids is 1. The Morgan fingerprint density at radius 1 is 1.00 bits per heavy atom. The lowest BCUT2D eigenvalue weighted by Gasteiger charge is -2.14. The van der Waals surface area contributed by atoms with Crippen LogP contribution in [0.4, 0.5) is 10.5 Å². The molecule has 0 heterocycles. The van der Waals surface area contributed by atoms with Gasteiger partial charge in [-0.2, -0.15) is 0 Å². The Hall–Kier alpha value is -2.60. The van der Waals surface area contributed by atoms with Gasteiger partial charge in [-0.05, 0) is 42.7 Å². The zero-order chi connectivity index (χ0) is 19.1. The summed E-state index contributed by atoms with van der Waals surface area (Å²) in [6, 6.07) is 8.68. The Morgan fingerprint density at radius 3 is 2.27 bits per heavy atom. The molecule has 0 aromatic heterocycles. The van der Waals surface area contributed by atoms with Gasteiger partial charge in [0.1, 0.15) is 5.75 Å². The monoisotopic (exact) mass is 378 g/mol. The number of hydrogen-bond donors (Lipinski definition) is 2. The third-order valence-corrected chi connectivity index (χ3v) is 4.30. The van der Waals surface area contributed by atoms with Crippen molar-refractivity contribution in [1.29, 1.82) is 0 Å². The summed E-state index contributed by atoms with van der Waals surface area (Å²) in [6.07, 6.45) is 0.575. The Bertz CT molecular complexity index is 780. The van der Waals surface area contributed by atoms with Crippen LogP contribution in [0.3, 0.4) is 0 Å². The van der Waals surface area contributed by atoms with Crippen molar-refractivity contribution in [2.45, 2.75) is 13.3 Å². The number of nitrogens with one attached hydrogen (secondary N) is 2. The number of ether oxygens (including phenoxy) is 3. The minimum atomic E-state index is -0.302. The first kappa shape index (κ1) is 19.7. The molecule has 0 spiro atoms. The summed E-state index contributed by atoms with van der Waals surface area (Å²) in [5.41, 5.74) is 2.50. The van der Waals surface area contributed by atoms with Crippen molar-refractivity contribution in [3.63, 3.8) is 0 Å². The second-order valence-corrected chi connectivity index (χ2v) is 6.02. The van der Waals surface area contributed by atoms with E-state index in [-0.39, 0.29) is 6.03 Å². The van der Waals surface area contributed by atoms with Gasteiger partial charge in [0.25, 0.3) is 0 Å². The molecule has 0 aliphatic heterocycles. The number of carbonyl (C=O) groups is 1. The molecular formula is C19H23ClN2O4. The fourth-order valence-corrected chi connectivity index (χ4v) is 2.62. The maximum absolute atomic E-state index is 12.0. The van der Waals surface area contributed by atoms with Gasteiger partial charge in [-0.25, -0.2) is 4.79 Å². The Labute approximate surface area is 158 Å². The van der Waals surface area contributed by atoms with Crippen LogP contribution in [-0.2, 0) is 6.42 Å². The van der Waals surface area contributed by atoms with Crippen LogP contribution in [0.15, 0.2) is 30.3 Å². The van der Waals surface area contributed by atoms with Gasteiger partial charge in [0.2, 0.25) is 0 Å². The predicted molar refractivity (Wildman–Crippen MR) is 103 cm³/mol. The molecule has 0 bridgehead atoms. The highest BCUT2D eigenvalue weighted by Gasteiger charge is 2.12. The number of amides is 2. The van der Waals surface area contributed by atoms with Crippen LogP contribution >= 0.6 is 11.6 Å². The smallest absolute Gasteiger partial charge is 0.319 e. The standard InChI is InChI=1S/C19H23ClN2O4/c1-12-5-6-14(10-15(12)20)22-19(23)21-8-7-13-9-17(25-3)18(26-4)11-16(13)24-2/h5-6,9-11H,7-8H2,1-4H3,(H2,21,22,23). The number of rotatable bonds is 7. The van der Waals surface area contributed by atoms with Gasteiger partial charge in [-0.15, -0.1) is 0 Å². The number of benzene rings is 2. The minimum absolute atomic E-state index is 0.302. The van der Waals surface area contributed by atoms with Gasteiger partial charge in [0.15, 0.2) is 11.5 Å². The fourth-order valence-electron chi connectivity index (χ4n) is 2.44. The Kier molecular flexibility index (Phi) is 6.97. The lowest BCUT2D eigenvalue weighted by atomic mass is 10.1. The molecule has 0 saturated heterocycles. The van der Waals surface area contributed by atoms with E-state index in [1.165, 1.54) is 0 Å². The van der Waals surface area contributed by atoms with Crippen LogP contribution in [0.2, 0.25) is 5.02 Å². The summed E-state index contributed by atoms with van der Waals surface area (Å²) in [4.78, 5) is 12.0. The summed E-state index contributed by atoms with van der Waals surface area (Å²) in [5.74, 6) is 1.88. The van der Waals surface area contributed by atoms with E-state index in [0.717, 1.165) is 11.1 Å². The molecule has 0 atom stereocenters. The maximum Gasteiger partial charge on any atom is 0.319 e. The molecule has 0 radical (unpaired) electrons. The van der Waals surface area contributed by atoms with Gasteiger partial charge in [0, 0.05) is 23.3 Å². The van der Waals surface area contributed by atoms with Crippen LogP contribution < -0.4 is 24.8 Å². The molecule has 2 amide bonds. The molecular weight excluding hydrogens is 356 g/mol. The predicted octanol–water partition coefficient (Wildman–Crippen LogP) is 4.04. The Balaban J connectivity index is 1.96. The third kappa shape index (κ3) is 4.95. The van der Waals surface area contributed by atoms with Crippen LogP contribution in [0.1, 0.15) is 11.1 Å². The fraction of sp³-hybridized carbons (Fsp3) is 0.316.